The van der Waals surface area contributed by atoms with Crippen LogP contribution >= 0.6 is 23.2 Å². The van der Waals surface area contributed by atoms with Gasteiger partial charge >= 0.3 is 5.97 Å². The number of hydrogen-bond acceptors (Lipinski definition) is 6. The van der Waals surface area contributed by atoms with Gasteiger partial charge in [0.2, 0.25) is 10.0 Å². The summed E-state index contributed by atoms with van der Waals surface area (Å²) >= 11 is 12.9. The van der Waals surface area contributed by atoms with Gasteiger partial charge in [-0.2, -0.15) is 4.31 Å². The normalized spacial score (nSPS) is 14.7. The summed E-state index contributed by atoms with van der Waals surface area (Å²) in [6, 6.07) is 16.6. The molecule has 1 atom stereocenters. The third-order valence-corrected chi connectivity index (χ3v) is 10.3. The van der Waals surface area contributed by atoms with Gasteiger partial charge in [-0.05, 0) is 74.4 Å². The van der Waals surface area contributed by atoms with Crippen LogP contribution in [-0.4, -0.2) is 65.7 Å². The van der Waals surface area contributed by atoms with Crippen molar-refractivity contribution in [3.8, 4) is 11.3 Å². The fourth-order valence-corrected chi connectivity index (χ4v) is 7.93. The minimum atomic E-state index is -4.13. The molecule has 0 spiro atoms. The molecule has 11 heteroatoms. The Bertz CT molecular complexity index is 1500. The summed E-state index contributed by atoms with van der Waals surface area (Å²) in [4.78, 5) is 15.1. The number of nitrogens with one attached hydrogen (secondary N) is 1. The molecule has 226 valence electrons. The summed E-state index contributed by atoms with van der Waals surface area (Å²) < 4.78 is 28.0. The Morgan fingerprint density at radius 3 is 2.31 bits per heavy atom. The second kappa shape index (κ2) is 13.4. The number of aliphatic carboxylic acids is 1. The Morgan fingerprint density at radius 2 is 1.71 bits per heavy atom. The van der Waals surface area contributed by atoms with Crippen LogP contribution in [-0.2, 0) is 34.1 Å². The SMILES string of the molecule is CN(C[C@H](O)CNC(C)(C)CC1Cc2ccccc2C1)S(=O)(=O)c1c(Cl)cc(-c2cccc(CCC(=O)O)n2)cc1Cl. The van der Waals surface area contributed by atoms with Crippen molar-refractivity contribution in [3.05, 3.63) is 81.5 Å². The molecule has 8 nitrogen and oxygen atoms in total. The maximum atomic E-state index is 13.5. The lowest BCUT2D eigenvalue weighted by Crippen LogP contribution is -2.47. The minimum Gasteiger partial charge on any atom is -0.481 e. The van der Waals surface area contributed by atoms with Gasteiger partial charge < -0.3 is 15.5 Å². The van der Waals surface area contributed by atoms with Crippen molar-refractivity contribution >= 4 is 39.2 Å². The molecule has 0 saturated carbocycles. The lowest BCUT2D eigenvalue weighted by atomic mass is 9.88. The van der Waals surface area contributed by atoms with Gasteiger partial charge in [-0.25, -0.2) is 8.42 Å². The number of aliphatic hydroxyl groups is 1. The minimum absolute atomic E-state index is 0.0599. The highest BCUT2D eigenvalue weighted by atomic mass is 35.5. The van der Waals surface area contributed by atoms with E-state index in [4.69, 9.17) is 28.3 Å². The number of rotatable bonds is 13. The molecule has 0 radical (unpaired) electrons. The van der Waals surface area contributed by atoms with Crippen LogP contribution < -0.4 is 5.32 Å². The summed E-state index contributed by atoms with van der Waals surface area (Å²) in [6.45, 7) is 4.26. The van der Waals surface area contributed by atoms with Crippen molar-refractivity contribution in [3.63, 3.8) is 0 Å². The molecule has 4 rings (SSSR count). The van der Waals surface area contributed by atoms with Crippen molar-refractivity contribution in [1.82, 2.24) is 14.6 Å². The molecule has 0 unspecified atom stereocenters. The van der Waals surface area contributed by atoms with E-state index in [0.717, 1.165) is 23.6 Å². The number of carbonyl (C=O) groups is 1. The van der Waals surface area contributed by atoms with Gasteiger partial charge in [-0.1, -0.05) is 53.5 Å². The molecule has 0 bridgehead atoms. The van der Waals surface area contributed by atoms with Crippen LogP contribution in [0.4, 0.5) is 0 Å². The molecule has 0 saturated heterocycles. The van der Waals surface area contributed by atoms with Crippen LogP contribution in [0.3, 0.4) is 0 Å². The van der Waals surface area contributed by atoms with Crippen molar-refractivity contribution < 1.29 is 23.4 Å². The molecule has 1 aromatic heterocycles. The van der Waals surface area contributed by atoms with Gasteiger partial charge in [0.15, 0.2) is 0 Å². The zero-order chi connectivity index (χ0) is 30.7. The van der Waals surface area contributed by atoms with Crippen LogP contribution in [0.25, 0.3) is 11.3 Å². The van der Waals surface area contributed by atoms with Crippen molar-refractivity contribution in [2.24, 2.45) is 5.92 Å². The quantitative estimate of drug-likeness (QED) is 0.236. The molecule has 3 aromatic rings. The summed E-state index contributed by atoms with van der Waals surface area (Å²) in [6.07, 6.45) is 2.24. The first-order valence-electron chi connectivity index (χ1n) is 13.9. The predicted octanol–water partition coefficient (Wildman–Crippen LogP) is 5.23. The highest BCUT2D eigenvalue weighted by Gasteiger charge is 2.31. The van der Waals surface area contributed by atoms with Gasteiger partial charge in [-0.15, -0.1) is 0 Å². The number of likely N-dealkylation sites (N-methyl/N-ethyl adjacent to an activating group) is 1. The summed E-state index contributed by atoms with van der Waals surface area (Å²) in [5, 5.41) is 23.0. The van der Waals surface area contributed by atoms with Gasteiger partial charge in [0.1, 0.15) is 4.90 Å². The summed E-state index contributed by atoms with van der Waals surface area (Å²) in [5.41, 5.74) is 4.13. The van der Waals surface area contributed by atoms with Crippen LogP contribution in [0.5, 0.6) is 0 Å². The fourth-order valence-electron chi connectivity index (χ4n) is 5.57. The number of hydrogen-bond donors (Lipinski definition) is 3. The van der Waals surface area contributed by atoms with Gasteiger partial charge in [-0.3, -0.25) is 9.78 Å². The predicted molar refractivity (Wildman–Crippen MR) is 166 cm³/mol. The zero-order valence-electron chi connectivity index (χ0n) is 24.0. The summed E-state index contributed by atoms with van der Waals surface area (Å²) in [5.74, 6) is -0.410. The van der Waals surface area contributed by atoms with E-state index in [9.17, 15) is 18.3 Å². The highest BCUT2D eigenvalue weighted by molar-refractivity contribution is 7.89. The maximum Gasteiger partial charge on any atom is 0.303 e. The average Bonchev–Trinajstić information content (AvgIpc) is 3.32. The van der Waals surface area contributed by atoms with E-state index >= 15 is 0 Å². The number of fused-ring (bicyclic) bond motifs is 1. The number of halogens is 2. The Kier molecular flexibility index (Phi) is 10.3. The topological polar surface area (TPSA) is 120 Å². The summed E-state index contributed by atoms with van der Waals surface area (Å²) in [7, 11) is -2.75. The number of nitrogens with zero attached hydrogens (tertiary/aromatic N) is 2. The average molecular weight is 635 g/mol. The molecular weight excluding hydrogens is 597 g/mol. The van der Waals surface area contributed by atoms with E-state index in [1.165, 1.54) is 30.3 Å². The van der Waals surface area contributed by atoms with E-state index in [1.807, 2.05) is 0 Å². The van der Waals surface area contributed by atoms with Crippen molar-refractivity contribution in [1.29, 1.82) is 0 Å². The molecular formula is C31H37Cl2N3O5S. The van der Waals surface area contributed by atoms with Gasteiger partial charge in [0, 0.05) is 43.4 Å². The highest BCUT2D eigenvalue weighted by Crippen LogP contribution is 2.36. The van der Waals surface area contributed by atoms with Gasteiger partial charge in [0.05, 0.1) is 28.3 Å². The molecule has 42 heavy (non-hydrogen) atoms. The third kappa shape index (κ3) is 8.09. The molecule has 0 aliphatic heterocycles. The number of aryl methyl sites for hydroxylation is 1. The van der Waals surface area contributed by atoms with Crippen LogP contribution in [0.15, 0.2) is 59.5 Å². The fraction of sp³-hybridized carbons (Fsp3) is 0.419. The molecule has 1 aliphatic rings. The van der Waals surface area contributed by atoms with E-state index in [2.05, 4.69) is 48.4 Å². The van der Waals surface area contributed by atoms with Crippen LogP contribution in [0, 0.1) is 5.92 Å². The second-order valence-electron chi connectivity index (χ2n) is 11.6. The van der Waals surface area contributed by atoms with Crippen LogP contribution in [0.2, 0.25) is 10.0 Å². The number of carboxylic acids is 1. The Morgan fingerprint density at radius 1 is 1.10 bits per heavy atom. The van der Waals surface area contributed by atoms with Gasteiger partial charge in [0.25, 0.3) is 0 Å². The number of aromatic nitrogens is 1. The van der Waals surface area contributed by atoms with E-state index in [0.29, 0.717) is 22.9 Å². The molecule has 3 N–H and O–H groups in total. The first-order chi connectivity index (χ1) is 19.7. The number of benzene rings is 2. The number of sulfonamides is 1. The van der Waals surface area contributed by atoms with Crippen molar-refractivity contribution in [2.45, 2.75) is 62.5 Å². The molecule has 0 fully saturated rings. The van der Waals surface area contributed by atoms with Crippen LogP contribution in [0.1, 0.15) is 43.5 Å². The third-order valence-electron chi connectivity index (χ3n) is 7.58. The zero-order valence-corrected chi connectivity index (χ0v) is 26.3. The first-order valence-corrected chi connectivity index (χ1v) is 16.1. The largest absolute Gasteiger partial charge is 0.481 e. The monoisotopic (exact) mass is 633 g/mol. The van der Waals surface area contributed by atoms with E-state index < -0.39 is 22.1 Å². The lowest BCUT2D eigenvalue weighted by molar-refractivity contribution is -0.136. The second-order valence-corrected chi connectivity index (χ2v) is 14.4. The smallest absolute Gasteiger partial charge is 0.303 e. The standard InChI is InChI=1S/C31H37Cl2N3O5S/c1-31(2,17-20-13-21-7-4-5-8-22(21)14-20)34-18-25(37)19-36(3)42(40,41)30-26(32)15-23(16-27(30)33)28-10-6-9-24(35-28)11-12-29(38)39/h4-10,15-16,20,25,34,37H,11-14,17-19H2,1-3H3,(H,38,39)/t25-/m1/s1. The number of β-amino-alcohol motifs (C(OH)–C–C–N with tert-alkyl or cyclic N) is 1. The molecule has 1 heterocycles. The first kappa shape index (κ1) is 32.4. The lowest BCUT2D eigenvalue weighted by Gasteiger charge is -2.31. The molecule has 0 amide bonds. The maximum absolute atomic E-state index is 13.5. The Balaban J connectivity index is 1.38. The Labute approximate surface area is 257 Å². The molecule has 2 aromatic carbocycles. The van der Waals surface area contributed by atoms with E-state index in [-0.39, 0.29) is 46.4 Å². The van der Waals surface area contributed by atoms with E-state index in [1.54, 1.807) is 18.2 Å². The number of pyridine rings is 1. The number of aliphatic hydroxyl groups excluding tert-OH is 1. The number of carboxylic acid groups (broad SMARTS) is 1. The molecule has 1 aliphatic carbocycles. The Hall–Kier alpha value is -2.53. The van der Waals surface area contributed by atoms with Crippen molar-refractivity contribution in [2.75, 3.05) is 20.1 Å².